The number of allylic oxidation sites excluding steroid dienone is 1. The first kappa shape index (κ1) is 27.5. The lowest BCUT2D eigenvalue weighted by atomic mass is 9.86. The summed E-state index contributed by atoms with van der Waals surface area (Å²) in [4.78, 5) is 26.4. The van der Waals surface area contributed by atoms with Crippen LogP contribution >= 0.6 is 0 Å². The van der Waals surface area contributed by atoms with Crippen LogP contribution in [-0.2, 0) is 22.7 Å². The zero-order valence-electron chi connectivity index (χ0n) is 21.4. The van der Waals surface area contributed by atoms with E-state index >= 15 is 0 Å². The van der Waals surface area contributed by atoms with Crippen molar-refractivity contribution < 1.29 is 19.1 Å². The van der Waals surface area contributed by atoms with Crippen LogP contribution in [0.4, 0.5) is 4.79 Å². The van der Waals surface area contributed by atoms with Gasteiger partial charge < -0.3 is 20.1 Å². The molecule has 0 heterocycles. The van der Waals surface area contributed by atoms with Crippen molar-refractivity contribution in [1.29, 1.82) is 0 Å². The van der Waals surface area contributed by atoms with E-state index in [1.807, 2.05) is 91.0 Å². The maximum Gasteiger partial charge on any atom is 0.408 e. The third kappa shape index (κ3) is 9.15. The number of alkyl carbamates (subject to hydrolysis) is 1. The van der Waals surface area contributed by atoms with Crippen molar-refractivity contribution >= 4 is 12.0 Å². The van der Waals surface area contributed by atoms with E-state index in [0.29, 0.717) is 13.0 Å². The fourth-order valence-electron chi connectivity index (χ4n) is 4.17. The van der Waals surface area contributed by atoms with E-state index in [-0.39, 0.29) is 18.4 Å². The Morgan fingerprint density at radius 3 is 2.16 bits per heavy atom. The molecular weight excluding hydrogens is 464 g/mol. The number of carbonyl (C=O) groups is 2. The van der Waals surface area contributed by atoms with Crippen molar-refractivity contribution in [2.24, 2.45) is 0 Å². The van der Waals surface area contributed by atoms with Crippen LogP contribution in [0.25, 0.3) is 0 Å². The van der Waals surface area contributed by atoms with E-state index in [1.165, 1.54) is 0 Å². The van der Waals surface area contributed by atoms with E-state index in [9.17, 15) is 9.59 Å². The molecule has 0 aliphatic rings. The van der Waals surface area contributed by atoms with Gasteiger partial charge in [0.15, 0.2) is 0 Å². The number of hydrogen-bond acceptors (Lipinski definition) is 4. The molecule has 6 heteroatoms. The predicted molar refractivity (Wildman–Crippen MR) is 146 cm³/mol. The Balaban J connectivity index is 1.80. The summed E-state index contributed by atoms with van der Waals surface area (Å²) in [5.74, 6) is 0.218. The molecule has 0 fully saturated rings. The molecule has 194 valence electrons. The molecule has 6 nitrogen and oxygen atoms in total. The summed E-state index contributed by atoms with van der Waals surface area (Å²) in [6.45, 7) is 4.29. The Morgan fingerprint density at radius 1 is 0.892 bits per heavy atom. The highest BCUT2D eigenvalue weighted by Gasteiger charge is 2.31. The molecule has 2 atom stereocenters. The Hall–Kier alpha value is -4.06. The average Bonchev–Trinajstić information content (AvgIpc) is 2.95. The number of benzene rings is 3. The van der Waals surface area contributed by atoms with E-state index < -0.39 is 12.1 Å². The van der Waals surface area contributed by atoms with Gasteiger partial charge in [0.2, 0.25) is 5.91 Å². The monoisotopic (exact) mass is 500 g/mol. The van der Waals surface area contributed by atoms with E-state index in [2.05, 4.69) is 17.2 Å². The molecule has 3 rings (SSSR count). The van der Waals surface area contributed by atoms with Gasteiger partial charge in [0.1, 0.15) is 18.4 Å². The number of nitrogens with one attached hydrogen (secondary N) is 2. The molecule has 37 heavy (non-hydrogen) atoms. The SMILES string of the molecule is C=CCCCCC(c1ccc(OC)cc1)C(NC(=O)OCc1ccccc1)C(=O)NCc1ccccc1. The minimum absolute atomic E-state index is 0.123. The number of ether oxygens (including phenoxy) is 2. The second-order valence-electron chi connectivity index (χ2n) is 8.84. The summed E-state index contributed by atoms with van der Waals surface area (Å²) in [7, 11) is 1.62. The van der Waals surface area contributed by atoms with Gasteiger partial charge in [-0.2, -0.15) is 0 Å². The van der Waals surface area contributed by atoms with Crippen LogP contribution in [0, 0.1) is 0 Å². The molecule has 2 N–H and O–H groups in total. The molecule has 0 spiro atoms. The maximum absolute atomic E-state index is 13.5. The minimum Gasteiger partial charge on any atom is -0.497 e. The lowest BCUT2D eigenvalue weighted by molar-refractivity contribution is -0.123. The largest absolute Gasteiger partial charge is 0.497 e. The summed E-state index contributed by atoms with van der Waals surface area (Å²) in [6, 6.07) is 26.0. The van der Waals surface area contributed by atoms with Crippen molar-refractivity contribution in [2.45, 2.75) is 50.8 Å². The van der Waals surface area contributed by atoms with E-state index in [4.69, 9.17) is 9.47 Å². The highest BCUT2D eigenvalue weighted by molar-refractivity contribution is 5.86. The quantitative estimate of drug-likeness (QED) is 0.206. The van der Waals surface area contributed by atoms with Crippen molar-refractivity contribution in [3.63, 3.8) is 0 Å². The first-order chi connectivity index (χ1) is 18.1. The van der Waals surface area contributed by atoms with Crippen molar-refractivity contribution in [3.05, 3.63) is 114 Å². The molecule has 2 unspecified atom stereocenters. The molecule has 3 aromatic carbocycles. The molecule has 3 aromatic rings. The molecule has 0 saturated carbocycles. The van der Waals surface area contributed by atoms with Crippen molar-refractivity contribution in [2.75, 3.05) is 7.11 Å². The average molecular weight is 501 g/mol. The normalized spacial score (nSPS) is 12.1. The molecular formula is C31H36N2O4. The minimum atomic E-state index is -0.816. The summed E-state index contributed by atoms with van der Waals surface area (Å²) < 4.78 is 10.8. The van der Waals surface area contributed by atoms with Gasteiger partial charge in [-0.3, -0.25) is 4.79 Å². The fourth-order valence-corrected chi connectivity index (χ4v) is 4.17. The molecule has 2 amide bonds. The lowest BCUT2D eigenvalue weighted by Gasteiger charge is -2.28. The second kappa shape index (κ2) is 15.1. The topological polar surface area (TPSA) is 76.7 Å². The van der Waals surface area contributed by atoms with Crippen LogP contribution in [0.5, 0.6) is 5.75 Å². The van der Waals surface area contributed by atoms with Crippen molar-refractivity contribution in [3.8, 4) is 5.75 Å². The predicted octanol–water partition coefficient (Wildman–Crippen LogP) is 6.14. The Labute approximate surface area is 219 Å². The fraction of sp³-hybridized carbons (Fsp3) is 0.290. The number of rotatable bonds is 14. The second-order valence-corrected chi connectivity index (χ2v) is 8.84. The molecule has 0 bridgehead atoms. The molecule has 0 aliphatic heterocycles. The number of carbonyl (C=O) groups excluding carboxylic acids is 2. The van der Waals surface area contributed by atoms with Gasteiger partial charge in [0.25, 0.3) is 0 Å². The molecule has 0 saturated heterocycles. The Morgan fingerprint density at radius 2 is 1.54 bits per heavy atom. The molecule has 0 aromatic heterocycles. The zero-order valence-corrected chi connectivity index (χ0v) is 21.4. The summed E-state index contributed by atoms with van der Waals surface area (Å²) in [5, 5.41) is 5.87. The maximum atomic E-state index is 13.5. The number of unbranched alkanes of at least 4 members (excludes halogenated alkanes) is 2. The molecule has 0 aliphatic carbocycles. The first-order valence-electron chi connectivity index (χ1n) is 12.6. The number of methoxy groups -OCH3 is 1. The van der Waals surface area contributed by atoms with Gasteiger partial charge in [-0.1, -0.05) is 85.3 Å². The Bertz CT molecular complexity index is 1100. The van der Waals surface area contributed by atoms with Crippen LogP contribution in [0.1, 0.15) is 48.3 Å². The third-order valence-electron chi connectivity index (χ3n) is 6.20. The standard InChI is InChI=1S/C31H36N2O4/c1-3-4-5-12-17-28(26-18-20-27(36-2)21-19-26)29(30(34)32-22-24-13-8-6-9-14-24)33-31(35)37-23-25-15-10-7-11-16-25/h3,6-11,13-16,18-21,28-29H,1,4-5,12,17,22-23H2,2H3,(H,32,34)(H,33,35). The van der Waals surface area contributed by atoms with E-state index in [1.54, 1.807) is 7.11 Å². The summed E-state index contributed by atoms with van der Waals surface area (Å²) in [6.07, 6.45) is 4.70. The molecule has 0 radical (unpaired) electrons. The summed E-state index contributed by atoms with van der Waals surface area (Å²) >= 11 is 0. The van der Waals surface area contributed by atoms with Crippen molar-refractivity contribution in [1.82, 2.24) is 10.6 Å². The van der Waals surface area contributed by atoms with Gasteiger partial charge >= 0.3 is 6.09 Å². The smallest absolute Gasteiger partial charge is 0.408 e. The van der Waals surface area contributed by atoms with Crippen LogP contribution in [0.3, 0.4) is 0 Å². The first-order valence-corrected chi connectivity index (χ1v) is 12.6. The van der Waals surface area contributed by atoms with Crippen LogP contribution in [-0.4, -0.2) is 25.2 Å². The van der Waals surface area contributed by atoms with Gasteiger partial charge in [-0.25, -0.2) is 4.79 Å². The van der Waals surface area contributed by atoms with Crippen LogP contribution in [0.2, 0.25) is 0 Å². The highest BCUT2D eigenvalue weighted by Crippen LogP contribution is 2.28. The number of hydrogen-bond donors (Lipinski definition) is 2. The van der Waals surface area contributed by atoms with Gasteiger partial charge in [0.05, 0.1) is 7.11 Å². The summed E-state index contributed by atoms with van der Waals surface area (Å²) in [5.41, 5.74) is 2.80. The lowest BCUT2D eigenvalue weighted by Crippen LogP contribution is -2.50. The van der Waals surface area contributed by atoms with Gasteiger partial charge in [-0.05, 0) is 48.1 Å². The third-order valence-corrected chi connectivity index (χ3v) is 6.20. The van der Waals surface area contributed by atoms with Crippen LogP contribution in [0.15, 0.2) is 97.6 Å². The van der Waals surface area contributed by atoms with E-state index in [0.717, 1.165) is 41.7 Å². The van der Waals surface area contributed by atoms with Gasteiger partial charge in [0, 0.05) is 12.5 Å². The van der Waals surface area contributed by atoms with Crippen LogP contribution < -0.4 is 15.4 Å². The zero-order chi connectivity index (χ0) is 26.3. The van der Waals surface area contributed by atoms with Gasteiger partial charge in [-0.15, -0.1) is 6.58 Å². The number of amides is 2. The Kier molecular flexibility index (Phi) is 11.3. The highest BCUT2D eigenvalue weighted by atomic mass is 16.5.